The zero-order chi connectivity index (χ0) is 25.6. The Labute approximate surface area is 199 Å². The van der Waals surface area contributed by atoms with Gasteiger partial charge in [-0.2, -0.15) is 13.2 Å². The molecule has 10 heteroatoms. The third-order valence-corrected chi connectivity index (χ3v) is 4.95. The van der Waals surface area contributed by atoms with Crippen molar-refractivity contribution in [3.05, 3.63) is 82.9 Å². The van der Waals surface area contributed by atoms with Crippen molar-refractivity contribution in [3.8, 4) is 0 Å². The average Bonchev–Trinajstić information content (AvgIpc) is 2.84. The van der Waals surface area contributed by atoms with Crippen molar-refractivity contribution in [2.24, 2.45) is 4.99 Å². The molecule has 3 aromatic rings. The first-order chi connectivity index (χ1) is 16.7. The number of esters is 2. The van der Waals surface area contributed by atoms with Gasteiger partial charge in [0, 0.05) is 13.3 Å². The Balaban J connectivity index is 2.11. The molecule has 2 N–H and O–H groups in total. The molecule has 35 heavy (non-hydrogen) atoms. The summed E-state index contributed by atoms with van der Waals surface area (Å²) < 4.78 is 50.0. The number of rotatable bonds is 7. The number of aliphatic imine (C=N–C) groups is 1. The van der Waals surface area contributed by atoms with Gasteiger partial charge in [0.25, 0.3) is 0 Å². The molecule has 0 amide bonds. The fourth-order valence-electron chi connectivity index (χ4n) is 3.28. The number of carbonyl (C=O) groups is 2. The number of hydrogen-bond acceptors (Lipinski definition) is 7. The van der Waals surface area contributed by atoms with Gasteiger partial charge in [-0.1, -0.05) is 18.2 Å². The van der Waals surface area contributed by atoms with Crippen molar-refractivity contribution in [1.82, 2.24) is 0 Å². The Hall–Kier alpha value is -4.34. The van der Waals surface area contributed by atoms with Crippen LogP contribution >= 0.6 is 0 Å². The van der Waals surface area contributed by atoms with Crippen molar-refractivity contribution < 1.29 is 32.2 Å². The highest BCUT2D eigenvalue weighted by Gasteiger charge is 2.31. The number of benzene rings is 3. The van der Waals surface area contributed by atoms with Crippen molar-refractivity contribution >= 4 is 40.9 Å². The molecular formula is C25H22F3N3O4. The van der Waals surface area contributed by atoms with E-state index in [1.54, 1.807) is 43.6 Å². The molecule has 3 aromatic carbocycles. The van der Waals surface area contributed by atoms with E-state index in [-0.39, 0.29) is 28.2 Å². The molecule has 0 aliphatic rings. The molecule has 3 rings (SSSR count). The van der Waals surface area contributed by atoms with Crippen LogP contribution in [0.5, 0.6) is 0 Å². The van der Waals surface area contributed by atoms with E-state index in [4.69, 9.17) is 9.47 Å². The Morgan fingerprint density at radius 3 is 2.06 bits per heavy atom. The van der Waals surface area contributed by atoms with Crippen LogP contribution in [0.4, 0.5) is 35.9 Å². The third kappa shape index (κ3) is 5.97. The fourth-order valence-corrected chi connectivity index (χ4v) is 3.28. The van der Waals surface area contributed by atoms with Crippen LogP contribution in [-0.4, -0.2) is 39.4 Å². The average molecular weight is 485 g/mol. The molecular weight excluding hydrogens is 463 g/mol. The lowest BCUT2D eigenvalue weighted by atomic mass is 10.1. The Bertz CT molecular complexity index is 1270. The van der Waals surface area contributed by atoms with Crippen molar-refractivity contribution in [2.45, 2.75) is 6.18 Å². The summed E-state index contributed by atoms with van der Waals surface area (Å²) in [7, 11) is 4.01. The van der Waals surface area contributed by atoms with E-state index in [1.807, 2.05) is 0 Å². The van der Waals surface area contributed by atoms with E-state index in [9.17, 15) is 22.8 Å². The molecule has 0 saturated carbocycles. The highest BCUT2D eigenvalue weighted by Crippen LogP contribution is 2.37. The van der Waals surface area contributed by atoms with Gasteiger partial charge in [0.2, 0.25) is 0 Å². The topological polar surface area (TPSA) is 89.0 Å². The van der Waals surface area contributed by atoms with Gasteiger partial charge < -0.3 is 20.1 Å². The second kappa shape index (κ2) is 10.7. The van der Waals surface area contributed by atoms with Crippen molar-refractivity contribution in [1.29, 1.82) is 0 Å². The van der Waals surface area contributed by atoms with Crippen LogP contribution in [0.2, 0.25) is 0 Å². The number of nitrogens with zero attached hydrogens (tertiary/aromatic N) is 1. The van der Waals surface area contributed by atoms with Crippen molar-refractivity contribution in [3.63, 3.8) is 0 Å². The van der Waals surface area contributed by atoms with Crippen LogP contribution in [0.25, 0.3) is 0 Å². The highest BCUT2D eigenvalue weighted by atomic mass is 19.4. The van der Waals surface area contributed by atoms with E-state index in [2.05, 4.69) is 15.6 Å². The summed E-state index contributed by atoms with van der Waals surface area (Å²) in [5, 5.41) is 5.88. The smallest absolute Gasteiger partial charge is 0.416 e. The van der Waals surface area contributed by atoms with Gasteiger partial charge in [-0.25, -0.2) is 9.59 Å². The number of para-hydroxylation sites is 1. The molecule has 0 bridgehead atoms. The second-order valence-electron chi connectivity index (χ2n) is 7.23. The highest BCUT2D eigenvalue weighted by molar-refractivity contribution is 6.00. The monoisotopic (exact) mass is 485 g/mol. The van der Waals surface area contributed by atoms with E-state index in [0.717, 1.165) is 12.1 Å². The number of halogens is 3. The molecule has 0 unspecified atom stereocenters. The molecule has 0 spiro atoms. The van der Waals surface area contributed by atoms with Crippen LogP contribution in [0.15, 0.2) is 65.7 Å². The van der Waals surface area contributed by atoms with Gasteiger partial charge in [0.05, 0.1) is 53.7 Å². The number of methoxy groups -OCH3 is 2. The van der Waals surface area contributed by atoms with Crippen molar-refractivity contribution in [2.75, 3.05) is 31.9 Å². The first-order valence-electron chi connectivity index (χ1n) is 10.2. The Kier molecular flexibility index (Phi) is 7.75. The maximum atomic E-state index is 13.5. The molecule has 0 saturated heterocycles. The Morgan fingerprint density at radius 2 is 1.40 bits per heavy atom. The molecule has 0 aliphatic heterocycles. The maximum absolute atomic E-state index is 13.5. The summed E-state index contributed by atoms with van der Waals surface area (Å²) in [4.78, 5) is 28.4. The molecule has 7 nitrogen and oxygen atoms in total. The minimum absolute atomic E-state index is 0.0196. The van der Waals surface area contributed by atoms with Crippen LogP contribution in [0.3, 0.4) is 0 Å². The van der Waals surface area contributed by atoms with Crippen LogP contribution < -0.4 is 10.6 Å². The van der Waals surface area contributed by atoms with Crippen LogP contribution in [-0.2, 0) is 15.7 Å². The minimum Gasteiger partial charge on any atom is -0.465 e. The first kappa shape index (κ1) is 25.3. The quantitative estimate of drug-likeness (QED) is 0.324. The molecule has 182 valence electrons. The van der Waals surface area contributed by atoms with E-state index < -0.39 is 23.7 Å². The lowest BCUT2D eigenvalue weighted by Crippen LogP contribution is -2.10. The van der Waals surface area contributed by atoms with Gasteiger partial charge in [-0.15, -0.1) is 0 Å². The lowest BCUT2D eigenvalue weighted by Gasteiger charge is -2.19. The maximum Gasteiger partial charge on any atom is 0.416 e. The van der Waals surface area contributed by atoms with E-state index in [0.29, 0.717) is 11.3 Å². The van der Waals surface area contributed by atoms with Crippen LogP contribution in [0, 0.1) is 0 Å². The number of nitrogens with one attached hydrogen (secondary N) is 2. The number of ether oxygens (including phenoxy) is 2. The number of carbonyl (C=O) groups excluding carboxylic acids is 2. The molecule has 0 heterocycles. The first-order valence-corrected chi connectivity index (χ1v) is 10.2. The van der Waals surface area contributed by atoms with E-state index >= 15 is 0 Å². The summed E-state index contributed by atoms with van der Waals surface area (Å²) in [6.07, 6.45) is -3.06. The summed E-state index contributed by atoms with van der Waals surface area (Å²) >= 11 is 0. The number of hydrogen-bond donors (Lipinski definition) is 2. The van der Waals surface area contributed by atoms with Gasteiger partial charge in [-0.05, 0) is 48.0 Å². The summed E-state index contributed by atoms with van der Waals surface area (Å²) in [6.45, 7) is 0. The summed E-state index contributed by atoms with van der Waals surface area (Å²) in [5.74, 6) is -1.30. The van der Waals surface area contributed by atoms with Gasteiger partial charge in [-0.3, -0.25) is 4.99 Å². The van der Waals surface area contributed by atoms with Gasteiger partial charge in [0.15, 0.2) is 0 Å². The predicted molar refractivity (Wildman–Crippen MR) is 127 cm³/mol. The molecule has 0 radical (unpaired) electrons. The lowest BCUT2D eigenvalue weighted by molar-refractivity contribution is -0.137. The van der Waals surface area contributed by atoms with Gasteiger partial charge in [0.1, 0.15) is 0 Å². The third-order valence-electron chi connectivity index (χ3n) is 4.95. The van der Waals surface area contributed by atoms with E-state index in [1.165, 1.54) is 32.4 Å². The fraction of sp³-hybridized carbons (Fsp3) is 0.160. The molecule has 0 aliphatic carbocycles. The zero-order valence-corrected chi connectivity index (χ0v) is 19.1. The molecule has 0 aromatic heterocycles. The standard InChI is InChI=1S/C25H22F3N3O4/c1-29-14-15-8-10-20(18(12-15)24(33)35-3)30-21-11-9-16(25(26,27)28)13-22(21)31-19-7-5-4-6-17(19)23(32)34-2/h4-14,30-31H,1-3H3. The Morgan fingerprint density at radius 1 is 0.800 bits per heavy atom. The number of anilines is 4. The number of alkyl halides is 3. The predicted octanol–water partition coefficient (Wildman–Crippen LogP) is 5.81. The van der Waals surface area contributed by atoms with Crippen LogP contribution in [0.1, 0.15) is 31.8 Å². The molecule has 0 atom stereocenters. The molecule has 0 fully saturated rings. The zero-order valence-electron chi connectivity index (χ0n) is 19.1. The SMILES string of the molecule is CN=Cc1ccc(Nc2ccc(C(F)(F)F)cc2Nc2ccccc2C(=O)OC)c(C(=O)OC)c1. The normalized spacial score (nSPS) is 11.3. The summed E-state index contributed by atoms with van der Waals surface area (Å²) in [6, 6.07) is 14.1. The van der Waals surface area contributed by atoms with Gasteiger partial charge >= 0.3 is 18.1 Å². The largest absolute Gasteiger partial charge is 0.465 e. The summed E-state index contributed by atoms with van der Waals surface area (Å²) in [5.41, 5.74) is 0.812. The second-order valence-corrected chi connectivity index (χ2v) is 7.23. The minimum atomic E-state index is -4.60.